The van der Waals surface area contributed by atoms with Gasteiger partial charge in [0.15, 0.2) is 5.13 Å². The Labute approximate surface area is 125 Å². The number of hydrogen-bond acceptors (Lipinski definition) is 4. The zero-order chi connectivity index (χ0) is 14.7. The fourth-order valence-electron chi connectivity index (χ4n) is 2.29. The second-order valence-corrected chi connectivity index (χ2v) is 6.27. The molecule has 2 rings (SSSR count). The molecule has 0 aliphatic rings. The number of nitrogens with one attached hydrogen (secondary N) is 1. The average Bonchev–Trinajstić information content (AvgIpc) is 2.86. The molecule has 0 spiro atoms. The molecule has 3 nitrogen and oxygen atoms in total. The Bertz CT molecular complexity index is 557. The zero-order valence-electron chi connectivity index (χ0n) is 12.9. The summed E-state index contributed by atoms with van der Waals surface area (Å²) in [5.74, 6) is 0. The lowest BCUT2D eigenvalue weighted by atomic mass is 10.1. The van der Waals surface area contributed by atoms with Crippen molar-refractivity contribution >= 4 is 22.2 Å². The van der Waals surface area contributed by atoms with Gasteiger partial charge >= 0.3 is 0 Å². The highest BCUT2D eigenvalue weighted by Gasteiger charge is 2.13. The van der Waals surface area contributed by atoms with E-state index in [0.717, 1.165) is 11.7 Å². The fraction of sp³-hybridized carbons (Fsp3) is 0.438. The molecule has 1 aromatic heterocycles. The van der Waals surface area contributed by atoms with E-state index >= 15 is 0 Å². The predicted molar refractivity (Wildman–Crippen MR) is 88.2 cm³/mol. The Morgan fingerprint density at radius 1 is 1.25 bits per heavy atom. The van der Waals surface area contributed by atoms with Crippen molar-refractivity contribution in [3.05, 3.63) is 40.4 Å². The van der Waals surface area contributed by atoms with Crippen LogP contribution in [0.2, 0.25) is 0 Å². The number of anilines is 2. The van der Waals surface area contributed by atoms with E-state index in [4.69, 9.17) is 0 Å². The summed E-state index contributed by atoms with van der Waals surface area (Å²) in [6.07, 6.45) is 1.98. The third kappa shape index (κ3) is 3.38. The van der Waals surface area contributed by atoms with Crippen LogP contribution >= 0.6 is 11.3 Å². The van der Waals surface area contributed by atoms with Crippen molar-refractivity contribution in [3.63, 3.8) is 0 Å². The Kier molecular flexibility index (Phi) is 4.78. The maximum Gasteiger partial charge on any atom is 0.189 e. The molecule has 0 aliphatic heterocycles. The molecule has 0 aliphatic carbocycles. The molecule has 1 unspecified atom stereocenters. The minimum absolute atomic E-state index is 0.360. The van der Waals surface area contributed by atoms with Gasteiger partial charge < -0.3 is 10.2 Å². The molecule has 0 amide bonds. The molecule has 1 N–H and O–H groups in total. The molecule has 0 bridgehead atoms. The number of rotatable bonds is 5. The van der Waals surface area contributed by atoms with Gasteiger partial charge in [-0.3, -0.25) is 0 Å². The van der Waals surface area contributed by atoms with Crippen LogP contribution in [0.15, 0.2) is 24.4 Å². The van der Waals surface area contributed by atoms with Gasteiger partial charge in [-0.2, -0.15) is 0 Å². The summed E-state index contributed by atoms with van der Waals surface area (Å²) in [4.78, 5) is 8.00. The summed E-state index contributed by atoms with van der Waals surface area (Å²) < 4.78 is 0. The van der Waals surface area contributed by atoms with Gasteiger partial charge in [0.25, 0.3) is 0 Å². The van der Waals surface area contributed by atoms with Crippen LogP contribution < -0.4 is 10.2 Å². The Morgan fingerprint density at radius 2 is 1.90 bits per heavy atom. The fourth-order valence-corrected chi connectivity index (χ4v) is 3.22. The molecule has 0 fully saturated rings. The van der Waals surface area contributed by atoms with Crippen molar-refractivity contribution in [1.29, 1.82) is 0 Å². The third-order valence-corrected chi connectivity index (χ3v) is 4.59. The molecular weight excluding hydrogens is 266 g/mol. The van der Waals surface area contributed by atoms with E-state index in [1.54, 1.807) is 11.3 Å². The number of aromatic nitrogens is 1. The van der Waals surface area contributed by atoms with E-state index in [0.29, 0.717) is 6.04 Å². The molecule has 0 saturated heterocycles. The monoisotopic (exact) mass is 289 g/mol. The van der Waals surface area contributed by atoms with Gasteiger partial charge in [0.05, 0.1) is 0 Å². The van der Waals surface area contributed by atoms with E-state index in [1.807, 2.05) is 6.20 Å². The highest BCUT2D eigenvalue weighted by molar-refractivity contribution is 7.15. The molecule has 20 heavy (non-hydrogen) atoms. The Morgan fingerprint density at radius 3 is 2.50 bits per heavy atom. The molecule has 0 saturated carbocycles. The highest BCUT2D eigenvalue weighted by atomic mass is 32.1. The molecule has 0 radical (unpaired) electrons. The first kappa shape index (κ1) is 15.0. The summed E-state index contributed by atoms with van der Waals surface area (Å²) >= 11 is 1.75. The van der Waals surface area contributed by atoms with Crippen molar-refractivity contribution in [3.8, 4) is 0 Å². The highest BCUT2D eigenvalue weighted by Crippen LogP contribution is 2.31. The lowest BCUT2D eigenvalue weighted by Gasteiger charge is -2.17. The standard InChI is InChI=1S/C16H23N3S/c1-6-17-13(4)15-10-18-16(20-15)19(5)14-8-11(2)7-12(3)9-14/h7-10,13,17H,6H2,1-5H3. The van der Waals surface area contributed by atoms with Gasteiger partial charge in [-0.1, -0.05) is 24.3 Å². The van der Waals surface area contributed by atoms with Crippen LogP contribution in [0.4, 0.5) is 10.8 Å². The van der Waals surface area contributed by atoms with E-state index in [2.05, 4.69) is 68.1 Å². The van der Waals surface area contributed by atoms with Crippen LogP contribution in [-0.2, 0) is 0 Å². The summed E-state index contributed by atoms with van der Waals surface area (Å²) in [6.45, 7) is 9.54. The van der Waals surface area contributed by atoms with Gasteiger partial charge in [0, 0.05) is 29.9 Å². The second kappa shape index (κ2) is 6.37. The second-order valence-electron chi connectivity index (χ2n) is 5.23. The lowest BCUT2D eigenvalue weighted by molar-refractivity contribution is 0.606. The van der Waals surface area contributed by atoms with Crippen molar-refractivity contribution < 1.29 is 0 Å². The largest absolute Gasteiger partial charge is 0.321 e. The van der Waals surface area contributed by atoms with Crippen LogP contribution in [0.3, 0.4) is 0 Å². The quantitative estimate of drug-likeness (QED) is 0.894. The lowest BCUT2D eigenvalue weighted by Crippen LogP contribution is -2.16. The average molecular weight is 289 g/mol. The summed E-state index contributed by atoms with van der Waals surface area (Å²) in [5.41, 5.74) is 3.76. The molecule has 1 heterocycles. The molecule has 108 valence electrons. The van der Waals surface area contributed by atoms with Crippen LogP contribution in [-0.4, -0.2) is 18.6 Å². The van der Waals surface area contributed by atoms with E-state index in [9.17, 15) is 0 Å². The third-order valence-electron chi connectivity index (χ3n) is 3.33. The normalized spacial score (nSPS) is 12.4. The van der Waals surface area contributed by atoms with Gasteiger partial charge in [-0.15, -0.1) is 0 Å². The first-order valence-electron chi connectivity index (χ1n) is 7.02. The first-order chi connectivity index (χ1) is 9.51. The van der Waals surface area contributed by atoms with Gasteiger partial charge in [0.2, 0.25) is 0 Å². The maximum atomic E-state index is 4.56. The number of aryl methyl sites for hydroxylation is 2. The molecular formula is C16H23N3S. The predicted octanol–water partition coefficient (Wildman–Crippen LogP) is 4.20. The zero-order valence-corrected chi connectivity index (χ0v) is 13.7. The SMILES string of the molecule is CCNC(C)c1cnc(N(C)c2cc(C)cc(C)c2)s1. The van der Waals surface area contributed by atoms with Crippen molar-refractivity contribution in [2.24, 2.45) is 0 Å². The maximum absolute atomic E-state index is 4.56. The van der Waals surface area contributed by atoms with Crippen molar-refractivity contribution in [1.82, 2.24) is 10.3 Å². The van der Waals surface area contributed by atoms with Crippen LogP contribution in [0, 0.1) is 13.8 Å². The topological polar surface area (TPSA) is 28.2 Å². The molecule has 4 heteroatoms. The number of thiazole rings is 1. The number of hydrogen-bond donors (Lipinski definition) is 1. The van der Waals surface area contributed by atoms with Crippen LogP contribution in [0.5, 0.6) is 0 Å². The summed E-state index contributed by atoms with van der Waals surface area (Å²) in [7, 11) is 2.08. The van der Waals surface area contributed by atoms with E-state index in [-0.39, 0.29) is 0 Å². The number of nitrogens with zero attached hydrogens (tertiary/aromatic N) is 2. The molecule has 1 atom stereocenters. The number of benzene rings is 1. The molecule has 2 aromatic rings. The van der Waals surface area contributed by atoms with Gasteiger partial charge in [-0.05, 0) is 50.6 Å². The Hall–Kier alpha value is -1.39. The van der Waals surface area contributed by atoms with Crippen molar-refractivity contribution in [2.75, 3.05) is 18.5 Å². The van der Waals surface area contributed by atoms with Crippen LogP contribution in [0.25, 0.3) is 0 Å². The summed E-state index contributed by atoms with van der Waals surface area (Å²) in [6, 6.07) is 6.94. The first-order valence-corrected chi connectivity index (χ1v) is 7.84. The van der Waals surface area contributed by atoms with Gasteiger partial charge in [0.1, 0.15) is 0 Å². The smallest absolute Gasteiger partial charge is 0.189 e. The van der Waals surface area contributed by atoms with Crippen molar-refractivity contribution in [2.45, 2.75) is 33.7 Å². The van der Waals surface area contributed by atoms with Crippen LogP contribution in [0.1, 0.15) is 35.9 Å². The molecule has 1 aromatic carbocycles. The minimum Gasteiger partial charge on any atom is -0.321 e. The van der Waals surface area contributed by atoms with E-state index in [1.165, 1.54) is 21.7 Å². The van der Waals surface area contributed by atoms with Gasteiger partial charge in [-0.25, -0.2) is 4.98 Å². The van der Waals surface area contributed by atoms with E-state index < -0.39 is 0 Å². The summed E-state index contributed by atoms with van der Waals surface area (Å²) in [5, 5.41) is 4.46. The Balaban J connectivity index is 2.22. The minimum atomic E-state index is 0.360.